The van der Waals surface area contributed by atoms with Crippen LogP contribution in [-0.2, 0) is 39.8 Å². The van der Waals surface area contributed by atoms with Gasteiger partial charge in [-0.25, -0.2) is 4.79 Å². The molecule has 8 nitrogen and oxygen atoms in total. The maximum Gasteiger partial charge on any atom is 0.416 e. The van der Waals surface area contributed by atoms with Crippen LogP contribution in [0.25, 0.3) is 0 Å². The second kappa shape index (κ2) is 14.3. The first-order valence-corrected chi connectivity index (χ1v) is 14.2. The van der Waals surface area contributed by atoms with Gasteiger partial charge in [0.1, 0.15) is 18.8 Å². The van der Waals surface area contributed by atoms with Crippen LogP contribution in [0.15, 0.2) is 48.5 Å². The van der Waals surface area contributed by atoms with E-state index in [9.17, 15) is 40.7 Å². The number of piperazine rings is 1. The van der Waals surface area contributed by atoms with E-state index in [0.29, 0.717) is 18.7 Å². The number of amides is 3. The van der Waals surface area contributed by atoms with Crippen molar-refractivity contribution >= 4 is 17.9 Å². The summed E-state index contributed by atoms with van der Waals surface area (Å²) >= 11 is 0. The number of fused-ring (bicyclic) bond motifs is 1. The van der Waals surface area contributed by atoms with Crippen LogP contribution >= 0.6 is 0 Å². The summed E-state index contributed by atoms with van der Waals surface area (Å²) < 4.78 is 84.8. The van der Waals surface area contributed by atoms with Crippen LogP contribution in [-0.4, -0.2) is 83.4 Å². The Kier molecular flexibility index (Phi) is 11.3. The van der Waals surface area contributed by atoms with Gasteiger partial charge in [-0.05, 0) is 56.4 Å². The van der Waals surface area contributed by atoms with Crippen molar-refractivity contribution in [1.29, 1.82) is 0 Å². The van der Waals surface area contributed by atoms with Gasteiger partial charge in [0.2, 0.25) is 11.8 Å². The minimum Gasteiger partial charge on any atom is -0.444 e. The minimum absolute atomic E-state index is 0.00627. The molecule has 14 heteroatoms. The lowest BCUT2D eigenvalue weighted by atomic mass is 10.0. The summed E-state index contributed by atoms with van der Waals surface area (Å²) in [5, 5.41) is 0. The number of hydrogen-bond donors (Lipinski definition) is 0. The molecule has 0 aromatic heterocycles. The lowest BCUT2D eigenvalue weighted by Gasteiger charge is -2.52. The fourth-order valence-corrected chi connectivity index (χ4v) is 5.13. The van der Waals surface area contributed by atoms with Crippen LogP contribution in [0.4, 0.5) is 31.1 Å². The second-order valence-corrected chi connectivity index (χ2v) is 10.5. The molecule has 0 bridgehead atoms. The SMILES string of the molecule is CC.CN(C)CC[C@H]1C(=O)N(Cc2ccccc2)CC2N(C(=O)OCc3cc(C(F)(F)F)cc(C(F)(F)F)c3)CCC(=O)N21. The van der Waals surface area contributed by atoms with Crippen molar-refractivity contribution in [2.75, 3.05) is 33.7 Å². The van der Waals surface area contributed by atoms with E-state index in [1.54, 1.807) is 0 Å². The van der Waals surface area contributed by atoms with Crippen molar-refractivity contribution in [3.8, 4) is 0 Å². The number of benzene rings is 2. The quantitative estimate of drug-likeness (QED) is 0.372. The number of hydrogen-bond acceptors (Lipinski definition) is 5. The summed E-state index contributed by atoms with van der Waals surface area (Å²) in [6.45, 7) is 3.68. The Morgan fingerprint density at radius 2 is 1.52 bits per heavy atom. The molecule has 242 valence electrons. The fraction of sp³-hybridized carbons (Fsp3) is 0.500. The maximum atomic E-state index is 13.6. The summed E-state index contributed by atoms with van der Waals surface area (Å²) in [5.41, 5.74) is -2.72. The average molecular weight is 631 g/mol. The monoisotopic (exact) mass is 630 g/mol. The highest BCUT2D eigenvalue weighted by atomic mass is 19.4. The third-order valence-electron chi connectivity index (χ3n) is 7.16. The Balaban J connectivity index is 0.00000259. The normalized spacial score (nSPS) is 19.0. The molecule has 0 radical (unpaired) electrons. The van der Waals surface area contributed by atoms with Gasteiger partial charge in [0, 0.05) is 19.5 Å². The number of nitrogens with zero attached hydrogens (tertiary/aromatic N) is 4. The Morgan fingerprint density at radius 1 is 0.932 bits per heavy atom. The van der Waals surface area contributed by atoms with Crippen LogP contribution in [0, 0.1) is 0 Å². The van der Waals surface area contributed by atoms with Crippen LogP contribution < -0.4 is 0 Å². The van der Waals surface area contributed by atoms with Gasteiger partial charge in [0.05, 0.1) is 17.7 Å². The molecule has 0 N–H and O–H groups in total. The van der Waals surface area contributed by atoms with Gasteiger partial charge in [-0.15, -0.1) is 0 Å². The summed E-state index contributed by atoms with van der Waals surface area (Å²) in [4.78, 5) is 45.8. The second-order valence-electron chi connectivity index (χ2n) is 10.5. The summed E-state index contributed by atoms with van der Waals surface area (Å²) in [5.74, 6) is -0.627. The Hall–Kier alpha value is -3.81. The first-order valence-electron chi connectivity index (χ1n) is 14.2. The van der Waals surface area contributed by atoms with Crippen molar-refractivity contribution in [1.82, 2.24) is 19.6 Å². The minimum atomic E-state index is -5.05. The lowest BCUT2D eigenvalue weighted by molar-refractivity contribution is -0.169. The number of halogens is 6. The largest absolute Gasteiger partial charge is 0.444 e. The van der Waals surface area contributed by atoms with Gasteiger partial charge in [0.25, 0.3) is 0 Å². The van der Waals surface area contributed by atoms with Crippen LogP contribution in [0.2, 0.25) is 0 Å². The van der Waals surface area contributed by atoms with E-state index >= 15 is 0 Å². The molecule has 2 aromatic carbocycles. The maximum absolute atomic E-state index is 13.6. The third-order valence-corrected chi connectivity index (χ3v) is 7.16. The van der Waals surface area contributed by atoms with Gasteiger partial charge in [-0.2, -0.15) is 26.3 Å². The highest BCUT2D eigenvalue weighted by molar-refractivity contribution is 5.90. The fourth-order valence-electron chi connectivity index (χ4n) is 5.13. The predicted molar refractivity (Wildman–Crippen MR) is 149 cm³/mol. The predicted octanol–water partition coefficient (Wildman–Crippen LogP) is 5.61. The first kappa shape index (κ1) is 34.7. The van der Waals surface area contributed by atoms with E-state index in [0.717, 1.165) is 5.56 Å². The highest BCUT2D eigenvalue weighted by Crippen LogP contribution is 2.37. The van der Waals surface area contributed by atoms with E-state index in [2.05, 4.69) is 0 Å². The van der Waals surface area contributed by atoms with Gasteiger partial charge in [-0.3, -0.25) is 14.5 Å². The van der Waals surface area contributed by atoms with Crippen molar-refractivity contribution in [3.63, 3.8) is 0 Å². The number of alkyl halides is 6. The molecule has 2 fully saturated rings. The molecule has 4 rings (SSSR count). The third kappa shape index (κ3) is 8.42. The molecule has 44 heavy (non-hydrogen) atoms. The lowest BCUT2D eigenvalue weighted by Crippen LogP contribution is -2.71. The van der Waals surface area contributed by atoms with Gasteiger partial charge >= 0.3 is 18.4 Å². The smallest absolute Gasteiger partial charge is 0.416 e. The molecule has 2 aliphatic heterocycles. The van der Waals surface area contributed by atoms with Gasteiger partial charge < -0.3 is 19.4 Å². The topological polar surface area (TPSA) is 73.4 Å². The number of carbonyl (C=O) groups excluding carboxylic acids is 3. The molecule has 2 aromatic rings. The van der Waals surface area contributed by atoms with Crippen molar-refractivity contribution in [3.05, 3.63) is 70.8 Å². The molecule has 0 saturated carbocycles. The Labute approximate surface area is 252 Å². The van der Waals surface area contributed by atoms with Crippen molar-refractivity contribution < 1.29 is 45.5 Å². The van der Waals surface area contributed by atoms with E-state index < -0.39 is 54.0 Å². The number of ether oxygens (including phenoxy) is 1. The zero-order valence-corrected chi connectivity index (χ0v) is 24.9. The van der Waals surface area contributed by atoms with Crippen LogP contribution in [0.1, 0.15) is 48.9 Å². The molecule has 2 aliphatic rings. The zero-order valence-electron chi connectivity index (χ0n) is 24.9. The van der Waals surface area contributed by atoms with Crippen molar-refractivity contribution in [2.45, 2.75) is 64.4 Å². The molecule has 0 aliphatic carbocycles. The van der Waals surface area contributed by atoms with Gasteiger partial charge in [-0.1, -0.05) is 44.2 Å². The van der Waals surface area contributed by atoms with Gasteiger partial charge in [0.15, 0.2) is 0 Å². The molecule has 1 unspecified atom stereocenters. The van der Waals surface area contributed by atoms with Crippen LogP contribution in [0.5, 0.6) is 0 Å². The van der Waals surface area contributed by atoms with Crippen molar-refractivity contribution in [2.24, 2.45) is 0 Å². The number of carbonyl (C=O) groups is 3. The molecule has 2 saturated heterocycles. The molecule has 0 spiro atoms. The summed E-state index contributed by atoms with van der Waals surface area (Å²) in [6, 6.07) is 9.20. The standard InChI is InChI=1S/C28H30F6N4O4.C2H6/c1-35(2)10-8-22-25(40)36(15-18-6-4-3-5-7-18)16-23-37(11-9-24(39)38(22)23)26(41)42-17-19-12-20(27(29,30)31)14-21(13-19)28(32,33)34;1-2/h3-7,12-14,22-23H,8-11,15-17H2,1-2H3;1-2H3/t22-,23?;/m0./s1. The Morgan fingerprint density at radius 3 is 2.07 bits per heavy atom. The highest BCUT2D eigenvalue weighted by Gasteiger charge is 2.49. The first-order chi connectivity index (χ1) is 20.6. The molecular formula is C30H36F6N4O4. The van der Waals surface area contributed by atoms with E-state index in [1.165, 1.54) is 14.7 Å². The summed E-state index contributed by atoms with van der Waals surface area (Å²) in [6.07, 6.45) is -11.9. The molecular weight excluding hydrogens is 594 g/mol. The Bertz CT molecular complexity index is 1270. The number of rotatable bonds is 7. The van der Waals surface area contributed by atoms with Crippen LogP contribution in [0.3, 0.4) is 0 Å². The average Bonchev–Trinajstić information content (AvgIpc) is 2.96. The zero-order chi connectivity index (χ0) is 32.8. The molecule has 2 heterocycles. The van der Waals surface area contributed by atoms with E-state index in [4.69, 9.17) is 4.74 Å². The molecule has 2 atom stereocenters. The van der Waals surface area contributed by atoms with E-state index in [-0.39, 0.29) is 50.4 Å². The van der Waals surface area contributed by atoms with E-state index in [1.807, 2.05) is 63.2 Å². The molecule has 3 amide bonds. The summed E-state index contributed by atoms with van der Waals surface area (Å²) in [7, 11) is 3.62.